The van der Waals surface area contributed by atoms with Gasteiger partial charge in [-0.1, -0.05) is 18.2 Å². The Morgan fingerprint density at radius 2 is 1.81 bits per heavy atom. The second-order valence-electron chi connectivity index (χ2n) is 6.68. The third kappa shape index (κ3) is 3.93. The predicted molar refractivity (Wildman–Crippen MR) is 97.8 cm³/mol. The van der Waals surface area contributed by atoms with Gasteiger partial charge < -0.3 is 19.7 Å². The first kappa shape index (κ1) is 18.5. The van der Waals surface area contributed by atoms with Gasteiger partial charge in [0, 0.05) is 45.5 Å². The maximum Gasteiger partial charge on any atom is 0.270 e. The summed E-state index contributed by atoms with van der Waals surface area (Å²) in [6.45, 7) is 6.62. The Kier molecular flexibility index (Phi) is 5.66. The third-order valence-corrected chi connectivity index (χ3v) is 5.23. The van der Waals surface area contributed by atoms with Crippen LogP contribution >= 0.6 is 11.6 Å². The molecule has 1 aromatic heterocycles. The van der Waals surface area contributed by atoms with E-state index in [4.69, 9.17) is 11.6 Å². The third-order valence-electron chi connectivity index (χ3n) is 5.01. The first-order valence-electron chi connectivity index (χ1n) is 8.83. The lowest BCUT2D eigenvalue weighted by atomic mass is 9.96. The molecule has 26 heavy (non-hydrogen) atoms. The number of piperidine rings is 1. The Hall–Kier alpha value is -2.28. The average Bonchev–Trinajstić information content (AvgIpc) is 3.12. The summed E-state index contributed by atoms with van der Waals surface area (Å²) >= 11 is 5.85. The first-order chi connectivity index (χ1) is 12.5. The summed E-state index contributed by atoms with van der Waals surface area (Å²) in [6, 6.07) is 1.61. The van der Waals surface area contributed by atoms with E-state index in [9.17, 15) is 14.4 Å². The molecule has 3 rings (SSSR count). The number of halogens is 1. The zero-order valence-electron chi connectivity index (χ0n) is 14.6. The second kappa shape index (κ2) is 7.95. The standard InChI is InChI=1S/C18H23ClN4O3/c1-2-16(24)23-5-3-4-13(12-23)17(25)21-6-8-22(9-7-21)18(26)15-10-14(19)11-20-15/h2,10-11,13,20H,1,3-9,12H2. The highest BCUT2D eigenvalue weighted by atomic mass is 35.5. The van der Waals surface area contributed by atoms with Crippen LogP contribution in [0, 0.1) is 5.92 Å². The summed E-state index contributed by atoms with van der Waals surface area (Å²) in [6.07, 6.45) is 4.49. The number of likely N-dealkylation sites (tertiary alicyclic amines) is 1. The van der Waals surface area contributed by atoms with Crippen LogP contribution in [0.1, 0.15) is 23.3 Å². The fraction of sp³-hybridized carbons (Fsp3) is 0.500. The van der Waals surface area contributed by atoms with Crippen molar-refractivity contribution in [1.29, 1.82) is 0 Å². The maximum atomic E-state index is 12.8. The monoisotopic (exact) mass is 378 g/mol. The van der Waals surface area contributed by atoms with E-state index in [0.717, 1.165) is 12.8 Å². The molecule has 2 saturated heterocycles. The molecule has 0 saturated carbocycles. The Balaban J connectivity index is 1.54. The molecule has 3 amide bonds. The van der Waals surface area contributed by atoms with Crippen molar-refractivity contribution in [3.05, 3.63) is 35.6 Å². The summed E-state index contributed by atoms with van der Waals surface area (Å²) in [4.78, 5) is 45.1. The molecule has 3 heterocycles. The van der Waals surface area contributed by atoms with Gasteiger partial charge in [-0.25, -0.2) is 0 Å². The van der Waals surface area contributed by atoms with Gasteiger partial charge in [0.05, 0.1) is 10.9 Å². The molecule has 1 aromatic rings. The number of nitrogens with zero attached hydrogens (tertiary/aromatic N) is 3. The van der Waals surface area contributed by atoms with Crippen molar-refractivity contribution >= 4 is 29.3 Å². The average molecular weight is 379 g/mol. The number of piperazine rings is 1. The molecular weight excluding hydrogens is 356 g/mol. The number of amides is 3. The minimum absolute atomic E-state index is 0.0709. The number of hydrogen-bond acceptors (Lipinski definition) is 3. The minimum Gasteiger partial charge on any atom is -0.356 e. The molecule has 8 heteroatoms. The van der Waals surface area contributed by atoms with Gasteiger partial charge in [-0.05, 0) is 25.0 Å². The number of hydrogen-bond donors (Lipinski definition) is 1. The first-order valence-corrected chi connectivity index (χ1v) is 9.20. The summed E-state index contributed by atoms with van der Waals surface area (Å²) in [7, 11) is 0. The van der Waals surface area contributed by atoms with Crippen LogP contribution in [0.5, 0.6) is 0 Å². The van der Waals surface area contributed by atoms with Crippen molar-refractivity contribution in [1.82, 2.24) is 19.7 Å². The summed E-state index contributed by atoms with van der Waals surface area (Å²) < 4.78 is 0. The normalized spacial score (nSPS) is 20.8. The van der Waals surface area contributed by atoms with E-state index in [1.807, 2.05) is 0 Å². The van der Waals surface area contributed by atoms with Gasteiger partial charge in [0.1, 0.15) is 5.69 Å². The molecular formula is C18H23ClN4O3. The van der Waals surface area contributed by atoms with E-state index in [-0.39, 0.29) is 23.6 Å². The zero-order valence-corrected chi connectivity index (χ0v) is 15.4. The van der Waals surface area contributed by atoms with Gasteiger partial charge in [-0.3, -0.25) is 14.4 Å². The molecule has 0 radical (unpaired) electrons. The summed E-state index contributed by atoms with van der Waals surface area (Å²) in [5, 5.41) is 0.498. The van der Waals surface area contributed by atoms with Gasteiger partial charge in [0.15, 0.2) is 0 Å². The number of carbonyl (C=O) groups excluding carboxylic acids is 3. The zero-order chi connectivity index (χ0) is 18.7. The van der Waals surface area contributed by atoms with E-state index in [1.165, 1.54) is 6.08 Å². The highest BCUT2D eigenvalue weighted by molar-refractivity contribution is 6.30. The molecule has 1 N–H and O–H groups in total. The largest absolute Gasteiger partial charge is 0.356 e. The number of rotatable bonds is 3. The number of H-pyrrole nitrogens is 1. The van der Waals surface area contributed by atoms with E-state index >= 15 is 0 Å². The van der Waals surface area contributed by atoms with Crippen molar-refractivity contribution in [3.8, 4) is 0 Å². The van der Waals surface area contributed by atoms with Crippen LogP contribution in [0.3, 0.4) is 0 Å². The summed E-state index contributed by atoms with van der Waals surface area (Å²) in [5.74, 6) is -0.328. The van der Waals surface area contributed by atoms with Crippen LogP contribution in [0.25, 0.3) is 0 Å². The fourth-order valence-electron chi connectivity index (χ4n) is 3.56. The van der Waals surface area contributed by atoms with Gasteiger partial charge >= 0.3 is 0 Å². The van der Waals surface area contributed by atoms with Crippen LogP contribution in [-0.2, 0) is 9.59 Å². The van der Waals surface area contributed by atoms with Crippen LogP contribution in [0.15, 0.2) is 24.9 Å². The SMILES string of the molecule is C=CC(=O)N1CCCC(C(=O)N2CCN(C(=O)c3cc(Cl)c[nH]3)CC2)C1. The predicted octanol–water partition coefficient (Wildman–Crippen LogP) is 1.38. The lowest BCUT2D eigenvalue weighted by molar-refractivity contribution is -0.140. The molecule has 1 atom stereocenters. The van der Waals surface area contributed by atoms with Gasteiger partial charge in [0.2, 0.25) is 11.8 Å². The van der Waals surface area contributed by atoms with Crippen molar-refractivity contribution in [2.45, 2.75) is 12.8 Å². The van der Waals surface area contributed by atoms with E-state index in [1.54, 1.807) is 27.0 Å². The van der Waals surface area contributed by atoms with Crippen molar-refractivity contribution < 1.29 is 14.4 Å². The minimum atomic E-state index is -0.169. The molecule has 0 bridgehead atoms. The van der Waals surface area contributed by atoms with Gasteiger partial charge in [0.25, 0.3) is 5.91 Å². The van der Waals surface area contributed by atoms with E-state index in [2.05, 4.69) is 11.6 Å². The quantitative estimate of drug-likeness (QED) is 0.807. The topological polar surface area (TPSA) is 76.7 Å². The Morgan fingerprint density at radius 3 is 2.42 bits per heavy atom. The Bertz CT molecular complexity index is 709. The van der Waals surface area contributed by atoms with Crippen LogP contribution in [0.2, 0.25) is 5.02 Å². The molecule has 2 aliphatic rings. The van der Waals surface area contributed by atoms with Crippen LogP contribution in [-0.4, -0.2) is 76.7 Å². The summed E-state index contributed by atoms with van der Waals surface area (Å²) in [5.41, 5.74) is 0.459. The van der Waals surface area contributed by atoms with Gasteiger partial charge in [-0.2, -0.15) is 0 Å². The van der Waals surface area contributed by atoms with Crippen molar-refractivity contribution in [2.75, 3.05) is 39.3 Å². The lowest BCUT2D eigenvalue weighted by Crippen LogP contribution is -2.54. The van der Waals surface area contributed by atoms with Crippen LogP contribution < -0.4 is 0 Å². The van der Waals surface area contributed by atoms with Crippen molar-refractivity contribution in [3.63, 3.8) is 0 Å². The second-order valence-corrected chi connectivity index (χ2v) is 7.11. The molecule has 1 unspecified atom stereocenters. The number of nitrogens with one attached hydrogen (secondary N) is 1. The molecule has 0 spiro atoms. The number of carbonyl (C=O) groups is 3. The molecule has 2 aliphatic heterocycles. The van der Waals surface area contributed by atoms with Crippen LogP contribution in [0.4, 0.5) is 0 Å². The Labute approximate surface area is 157 Å². The molecule has 140 valence electrons. The Morgan fingerprint density at radius 1 is 1.12 bits per heavy atom. The lowest BCUT2D eigenvalue weighted by Gasteiger charge is -2.38. The number of aromatic nitrogens is 1. The number of aromatic amines is 1. The molecule has 0 aromatic carbocycles. The fourth-order valence-corrected chi connectivity index (χ4v) is 3.72. The van der Waals surface area contributed by atoms with E-state index < -0.39 is 0 Å². The maximum absolute atomic E-state index is 12.8. The van der Waals surface area contributed by atoms with E-state index in [0.29, 0.717) is 50.0 Å². The highest BCUT2D eigenvalue weighted by Crippen LogP contribution is 2.20. The van der Waals surface area contributed by atoms with Gasteiger partial charge in [-0.15, -0.1) is 0 Å². The molecule has 0 aliphatic carbocycles. The molecule has 7 nitrogen and oxygen atoms in total. The molecule has 2 fully saturated rings. The van der Waals surface area contributed by atoms with Crippen molar-refractivity contribution in [2.24, 2.45) is 5.92 Å². The highest BCUT2D eigenvalue weighted by Gasteiger charge is 2.33. The smallest absolute Gasteiger partial charge is 0.270 e.